The summed E-state index contributed by atoms with van der Waals surface area (Å²) in [6.07, 6.45) is 0. The maximum atomic E-state index is 3.63. The average molecular weight is 311 g/mol. The van der Waals surface area contributed by atoms with Crippen molar-refractivity contribution in [3.8, 4) is 0 Å². The third kappa shape index (κ3) is 4.03. The Hall–Kier alpha value is 0.574. The van der Waals surface area contributed by atoms with Crippen LogP contribution in [0.2, 0.25) is 0 Å². The number of hydrogen-bond acceptors (Lipinski definition) is 1. The van der Waals surface area contributed by atoms with Gasteiger partial charge in [0.1, 0.15) is 0 Å². The molecule has 0 aromatic heterocycles. The molecule has 0 amide bonds. The molecule has 0 heterocycles. The summed E-state index contributed by atoms with van der Waals surface area (Å²) in [6, 6.07) is 0. The standard InChI is InChI=1S/C13H22N.2ClH.Ti/c1-9-10(2)13(6,7)8-11(9)14-12(3,4)5;;;/h14H,1-7H3;2*1H;/q;;;+2/p-2. The van der Waals surface area contributed by atoms with Crippen LogP contribution in [0.5, 0.6) is 0 Å². The average Bonchev–Trinajstić information content (AvgIpc) is 2.18. The molecule has 0 fully saturated rings. The molecule has 0 aliphatic heterocycles. The molecule has 97 valence electrons. The van der Waals surface area contributed by atoms with Gasteiger partial charge >= 0.3 is 106 Å². The second-order valence-electron chi connectivity index (χ2n) is 6.00. The quantitative estimate of drug-likeness (QED) is 0.529. The van der Waals surface area contributed by atoms with Gasteiger partial charge in [0.15, 0.2) is 0 Å². The predicted molar refractivity (Wildman–Crippen MR) is 62.1 cm³/mol. The SMILES string of the molecule is CC1=C(C)C(C)(C)[C]([Ti+2])=C1NC(C)(C)C.[Cl-].[Cl-]. The van der Waals surface area contributed by atoms with Crippen molar-refractivity contribution in [2.45, 2.75) is 54.0 Å². The zero-order chi connectivity index (χ0) is 12.0. The molecule has 4 heteroatoms. The van der Waals surface area contributed by atoms with Crippen LogP contribution in [-0.2, 0) is 20.4 Å². The van der Waals surface area contributed by atoms with Crippen LogP contribution in [0.3, 0.4) is 0 Å². The van der Waals surface area contributed by atoms with E-state index < -0.39 is 0 Å². The van der Waals surface area contributed by atoms with E-state index in [1.54, 1.807) is 0 Å². The van der Waals surface area contributed by atoms with E-state index in [0.29, 0.717) is 0 Å². The van der Waals surface area contributed by atoms with Crippen LogP contribution >= 0.6 is 0 Å². The van der Waals surface area contributed by atoms with Crippen LogP contribution in [-0.4, -0.2) is 5.54 Å². The van der Waals surface area contributed by atoms with Crippen molar-refractivity contribution in [2.24, 2.45) is 5.41 Å². The van der Waals surface area contributed by atoms with Crippen molar-refractivity contribution in [1.82, 2.24) is 5.32 Å². The second kappa shape index (κ2) is 6.15. The van der Waals surface area contributed by atoms with Gasteiger partial charge in [-0.25, -0.2) is 0 Å². The van der Waals surface area contributed by atoms with Crippen LogP contribution in [0.25, 0.3) is 0 Å². The van der Waals surface area contributed by atoms with Gasteiger partial charge in [0.2, 0.25) is 0 Å². The number of halogens is 2. The molecule has 0 atom stereocenters. The maximum absolute atomic E-state index is 3.63. The van der Waals surface area contributed by atoms with Crippen LogP contribution in [0.1, 0.15) is 48.5 Å². The van der Waals surface area contributed by atoms with Gasteiger partial charge in [0.25, 0.3) is 0 Å². The molecule has 0 radical (unpaired) electrons. The van der Waals surface area contributed by atoms with Crippen molar-refractivity contribution in [1.29, 1.82) is 0 Å². The third-order valence-electron chi connectivity index (χ3n) is 3.25. The third-order valence-corrected chi connectivity index (χ3v) is 4.62. The van der Waals surface area contributed by atoms with Crippen LogP contribution < -0.4 is 30.1 Å². The van der Waals surface area contributed by atoms with Gasteiger partial charge in [-0.2, -0.15) is 0 Å². The van der Waals surface area contributed by atoms with Crippen molar-refractivity contribution in [3.05, 3.63) is 20.7 Å². The Morgan fingerprint density at radius 2 is 1.47 bits per heavy atom. The Bertz CT molecular complexity index is 349. The molecule has 0 aromatic rings. The normalized spacial score (nSPS) is 18.9. The Labute approximate surface area is 130 Å². The summed E-state index contributed by atoms with van der Waals surface area (Å²) in [7, 11) is 0. The molecule has 1 aliphatic rings. The van der Waals surface area contributed by atoms with Gasteiger partial charge in [-0.1, -0.05) is 0 Å². The minimum absolute atomic E-state index is 0. The summed E-state index contributed by atoms with van der Waals surface area (Å²) in [6.45, 7) is 15.7. The smallest absolute Gasteiger partial charge is 1.00 e. The van der Waals surface area contributed by atoms with Gasteiger partial charge in [0, 0.05) is 0 Å². The van der Waals surface area contributed by atoms with Gasteiger partial charge in [-0.3, -0.25) is 0 Å². The number of hydrogen-bond donors (Lipinski definition) is 1. The molecule has 0 unspecified atom stereocenters. The molecule has 0 bridgehead atoms. The first-order chi connectivity index (χ1) is 6.57. The minimum atomic E-state index is 0. The van der Waals surface area contributed by atoms with E-state index in [1.165, 1.54) is 20.7 Å². The van der Waals surface area contributed by atoms with Crippen molar-refractivity contribution in [3.63, 3.8) is 0 Å². The van der Waals surface area contributed by atoms with Crippen molar-refractivity contribution in [2.75, 3.05) is 0 Å². The Balaban J connectivity index is 0. The molecule has 1 nitrogen and oxygen atoms in total. The van der Waals surface area contributed by atoms with Gasteiger partial charge in [-0.15, -0.1) is 0 Å². The summed E-state index contributed by atoms with van der Waals surface area (Å²) in [4.78, 5) is 0. The molecule has 0 saturated carbocycles. The van der Waals surface area contributed by atoms with Crippen molar-refractivity contribution >= 4 is 0 Å². The van der Waals surface area contributed by atoms with Crippen LogP contribution in [0.15, 0.2) is 20.7 Å². The first kappa shape index (κ1) is 19.9. The molecule has 1 rings (SSSR count). The predicted octanol–water partition coefficient (Wildman–Crippen LogP) is -2.48. The summed E-state index contributed by atoms with van der Waals surface area (Å²) >= 11 is 2.24. The minimum Gasteiger partial charge on any atom is -1.00 e. The number of allylic oxidation sites excluding steroid dienone is 3. The Kier molecular flexibility index (Phi) is 7.20. The molecular formula is C13H22Cl2NTi. The molecule has 0 aromatic carbocycles. The van der Waals surface area contributed by atoms with E-state index in [-0.39, 0.29) is 35.8 Å². The number of rotatable bonds is 1. The maximum Gasteiger partial charge on any atom is -1.00 e. The van der Waals surface area contributed by atoms with Gasteiger partial charge < -0.3 is 24.8 Å². The Morgan fingerprint density at radius 1 is 1.06 bits per heavy atom. The molecule has 17 heavy (non-hydrogen) atoms. The van der Waals surface area contributed by atoms with Crippen molar-refractivity contribution < 1.29 is 45.2 Å². The molecule has 1 N–H and O–H groups in total. The molecular weight excluding hydrogens is 289 g/mol. The largest absolute Gasteiger partial charge is 1.00 e. The zero-order valence-electron chi connectivity index (χ0n) is 11.8. The fourth-order valence-corrected chi connectivity index (χ4v) is 2.56. The van der Waals surface area contributed by atoms with E-state index >= 15 is 0 Å². The monoisotopic (exact) mass is 310 g/mol. The first-order valence-corrected chi connectivity index (χ1v) is 6.28. The second-order valence-corrected chi connectivity index (χ2v) is 6.78. The summed E-state index contributed by atoms with van der Waals surface area (Å²) in [5.74, 6) is 0. The fourth-order valence-electron chi connectivity index (χ4n) is 1.88. The van der Waals surface area contributed by atoms with E-state index in [0.717, 1.165) is 0 Å². The first-order valence-electron chi connectivity index (χ1n) is 5.50. The summed E-state index contributed by atoms with van der Waals surface area (Å²) < 4.78 is 1.47. The van der Waals surface area contributed by atoms with Gasteiger partial charge in [-0.05, 0) is 0 Å². The fraction of sp³-hybridized carbons (Fsp3) is 0.692. The van der Waals surface area contributed by atoms with E-state index in [2.05, 4.69) is 74.2 Å². The molecule has 0 saturated heterocycles. The topological polar surface area (TPSA) is 12.0 Å². The molecule has 0 spiro atoms. The molecule has 1 aliphatic carbocycles. The summed E-state index contributed by atoms with van der Waals surface area (Å²) in [5.41, 5.74) is 4.63. The van der Waals surface area contributed by atoms with Gasteiger partial charge in [0.05, 0.1) is 0 Å². The Morgan fingerprint density at radius 3 is 1.71 bits per heavy atom. The van der Waals surface area contributed by atoms with Crippen LogP contribution in [0, 0.1) is 5.41 Å². The van der Waals surface area contributed by atoms with E-state index in [9.17, 15) is 0 Å². The number of nitrogens with one attached hydrogen (secondary N) is 1. The van der Waals surface area contributed by atoms with E-state index in [1.807, 2.05) is 0 Å². The summed E-state index contributed by atoms with van der Waals surface area (Å²) in [5, 5.41) is 3.63. The van der Waals surface area contributed by atoms with E-state index in [4.69, 9.17) is 0 Å². The van der Waals surface area contributed by atoms with Crippen LogP contribution in [0.4, 0.5) is 0 Å². The zero-order valence-corrected chi connectivity index (χ0v) is 14.8.